The van der Waals surface area contributed by atoms with Crippen molar-refractivity contribution in [2.24, 2.45) is 0 Å². The fourth-order valence-electron chi connectivity index (χ4n) is 3.58. The number of methoxy groups -OCH3 is 1. The lowest BCUT2D eigenvalue weighted by Gasteiger charge is -2.14. The van der Waals surface area contributed by atoms with Gasteiger partial charge in [0.2, 0.25) is 0 Å². The monoisotopic (exact) mass is 394 g/mol. The number of nitrogens with one attached hydrogen (secondary N) is 1. The first-order chi connectivity index (χ1) is 13.6. The Balaban J connectivity index is 1.93. The van der Waals surface area contributed by atoms with E-state index in [0.29, 0.717) is 41.5 Å². The molecule has 0 saturated carbocycles. The van der Waals surface area contributed by atoms with Gasteiger partial charge in [-0.05, 0) is 23.3 Å². The highest BCUT2D eigenvalue weighted by molar-refractivity contribution is 6.33. The summed E-state index contributed by atoms with van der Waals surface area (Å²) in [5.41, 5.74) is 3.81. The molecule has 6 heteroatoms. The molecule has 1 aromatic heterocycles. The number of fused-ring (bicyclic) bond motifs is 3. The summed E-state index contributed by atoms with van der Waals surface area (Å²) < 4.78 is 6.66. The normalized spacial score (nSPS) is 11.8. The minimum atomic E-state index is -0.259. The second-order valence-electron chi connectivity index (χ2n) is 6.60. The number of halogens is 1. The number of pyridine rings is 1. The van der Waals surface area contributed by atoms with Crippen LogP contribution in [0.5, 0.6) is 0 Å². The van der Waals surface area contributed by atoms with E-state index in [1.165, 1.54) is 0 Å². The molecule has 4 rings (SSSR count). The standard InChI is InChI=1S/C22H19ClN2O3/c1-28-11-10-24-21(26)17-12-16(14-6-3-2-4-7-14)22(27)25-13-15-8-5-9-18(23)19(15)20(17)25/h2-9,12H,10-11,13H2,1H3,(H,24,26). The van der Waals surface area contributed by atoms with Crippen molar-refractivity contribution in [1.29, 1.82) is 0 Å². The molecule has 0 unspecified atom stereocenters. The van der Waals surface area contributed by atoms with Crippen molar-refractivity contribution in [3.63, 3.8) is 0 Å². The Hall–Kier alpha value is -2.89. The van der Waals surface area contributed by atoms with E-state index in [2.05, 4.69) is 5.32 Å². The van der Waals surface area contributed by atoms with Gasteiger partial charge in [0.25, 0.3) is 11.5 Å². The molecule has 0 atom stereocenters. The molecule has 1 amide bonds. The molecule has 3 aromatic rings. The molecule has 0 saturated heterocycles. The number of carbonyl (C=O) groups is 1. The molecule has 0 radical (unpaired) electrons. The molecule has 2 heterocycles. The van der Waals surface area contributed by atoms with Crippen molar-refractivity contribution in [2.45, 2.75) is 6.54 Å². The molecule has 0 fully saturated rings. The summed E-state index contributed by atoms with van der Waals surface area (Å²) in [6, 6.07) is 16.6. The Morgan fingerprint density at radius 2 is 1.96 bits per heavy atom. The number of amides is 1. The SMILES string of the molecule is COCCNC(=O)c1cc(-c2ccccc2)c(=O)n2c1-c1c(Cl)cccc1C2. The van der Waals surface area contributed by atoms with Crippen molar-refractivity contribution in [2.75, 3.05) is 20.3 Å². The van der Waals surface area contributed by atoms with Gasteiger partial charge in [-0.3, -0.25) is 9.59 Å². The highest BCUT2D eigenvalue weighted by Gasteiger charge is 2.29. The van der Waals surface area contributed by atoms with Crippen LogP contribution in [-0.2, 0) is 11.3 Å². The first-order valence-corrected chi connectivity index (χ1v) is 9.37. The summed E-state index contributed by atoms with van der Waals surface area (Å²) in [6.45, 7) is 1.18. The number of rotatable bonds is 5. The van der Waals surface area contributed by atoms with E-state index in [0.717, 1.165) is 16.7 Å². The Morgan fingerprint density at radius 1 is 1.18 bits per heavy atom. The average Bonchev–Trinajstić information content (AvgIpc) is 3.11. The van der Waals surface area contributed by atoms with E-state index in [4.69, 9.17) is 16.3 Å². The van der Waals surface area contributed by atoms with Gasteiger partial charge in [0.15, 0.2) is 0 Å². The maximum Gasteiger partial charge on any atom is 0.259 e. The van der Waals surface area contributed by atoms with Crippen molar-refractivity contribution in [3.8, 4) is 22.4 Å². The number of carbonyl (C=O) groups excluding carboxylic acids is 1. The predicted octanol–water partition coefficient (Wildman–Crippen LogP) is 3.57. The van der Waals surface area contributed by atoms with E-state index in [1.807, 2.05) is 42.5 Å². The maximum atomic E-state index is 13.2. The van der Waals surface area contributed by atoms with Crippen LogP contribution in [0.3, 0.4) is 0 Å². The minimum absolute atomic E-state index is 0.137. The summed E-state index contributed by atoms with van der Waals surface area (Å²) in [7, 11) is 1.58. The van der Waals surface area contributed by atoms with Crippen molar-refractivity contribution in [1.82, 2.24) is 9.88 Å². The summed E-state index contributed by atoms with van der Waals surface area (Å²) >= 11 is 6.44. The number of benzene rings is 2. The fraction of sp³-hybridized carbons (Fsp3) is 0.182. The molecule has 0 aliphatic carbocycles. The topological polar surface area (TPSA) is 60.3 Å². The van der Waals surface area contributed by atoms with Crippen molar-refractivity contribution < 1.29 is 9.53 Å². The molecule has 0 bridgehead atoms. The zero-order valence-electron chi connectivity index (χ0n) is 15.4. The zero-order chi connectivity index (χ0) is 19.7. The van der Waals surface area contributed by atoms with Crippen LogP contribution >= 0.6 is 11.6 Å². The lowest BCUT2D eigenvalue weighted by Crippen LogP contribution is -2.30. The second-order valence-corrected chi connectivity index (χ2v) is 7.01. The zero-order valence-corrected chi connectivity index (χ0v) is 16.1. The smallest absolute Gasteiger partial charge is 0.259 e. The average molecular weight is 395 g/mol. The first kappa shape index (κ1) is 18.5. The molecule has 2 aromatic carbocycles. The second kappa shape index (κ2) is 7.62. The maximum absolute atomic E-state index is 13.2. The van der Waals surface area contributed by atoms with Crippen LogP contribution in [0.2, 0.25) is 5.02 Å². The van der Waals surface area contributed by atoms with Crippen LogP contribution in [0.25, 0.3) is 22.4 Å². The fourth-order valence-corrected chi connectivity index (χ4v) is 3.87. The van der Waals surface area contributed by atoms with Gasteiger partial charge in [-0.25, -0.2) is 0 Å². The Labute approximate surface area is 167 Å². The van der Waals surface area contributed by atoms with Crippen LogP contribution in [0.4, 0.5) is 0 Å². The molecule has 1 N–H and O–H groups in total. The molecular formula is C22H19ClN2O3. The summed E-state index contributed by atoms with van der Waals surface area (Å²) in [5.74, 6) is -0.259. The quantitative estimate of drug-likeness (QED) is 0.526. The van der Waals surface area contributed by atoms with Crippen LogP contribution in [-0.4, -0.2) is 30.7 Å². The molecule has 1 aliphatic heterocycles. The Morgan fingerprint density at radius 3 is 2.71 bits per heavy atom. The third-order valence-electron chi connectivity index (χ3n) is 4.88. The summed E-state index contributed by atoms with van der Waals surface area (Å²) in [5, 5.41) is 3.38. The number of hydrogen-bond donors (Lipinski definition) is 1. The Bertz CT molecular complexity index is 1110. The highest BCUT2D eigenvalue weighted by atomic mass is 35.5. The number of nitrogens with zero attached hydrogens (tertiary/aromatic N) is 1. The van der Waals surface area contributed by atoms with E-state index in [-0.39, 0.29) is 11.5 Å². The molecule has 1 aliphatic rings. The summed E-state index contributed by atoms with van der Waals surface area (Å²) in [6.07, 6.45) is 0. The van der Waals surface area contributed by atoms with Crippen LogP contribution in [0, 0.1) is 0 Å². The third kappa shape index (κ3) is 3.13. The van der Waals surface area contributed by atoms with E-state index >= 15 is 0 Å². The van der Waals surface area contributed by atoms with Crippen LogP contribution in [0.1, 0.15) is 15.9 Å². The van der Waals surface area contributed by atoms with Gasteiger partial charge in [-0.1, -0.05) is 54.1 Å². The summed E-state index contributed by atoms with van der Waals surface area (Å²) in [4.78, 5) is 26.2. The lowest BCUT2D eigenvalue weighted by atomic mass is 9.99. The number of ether oxygens (including phenoxy) is 1. The van der Waals surface area contributed by atoms with E-state index in [9.17, 15) is 9.59 Å². The lowest BCUT2D eigenvalue weighted by molar-refractivity contribution is 0.0937. The molecule has 5 nitrogen and oxygen atoms in total. The molecule has 0 spiro atoms. The van der Waals surface area contributed by atoms with E-state index in [1.54, 1.807) is 23.8 Å². The number of aromatic nitrogens is 1. The van der Waals surface area contributed by atoms with Crippen molar-refractivity contribution >= 4 is 17.5 Å². The van der Waals surface area contributed by atoms with Gasteiger partial charge in [0.1, 0.15) is 0 Å². The number of hydrogen-bond acceptors (Lipinski definition) is 3. The van der Waals surface area contributed by atoms with E-state index < -0.39 is 0 Å². The van der Waals surface area contributed by atoms with Gasteiger partial charge in [-0.15, -0.1) is 0 Å². The highest BCUT2D eigenvalue weighted by Crippen LogP contribution is 2.39. The predicted molar refractivity (Wildman–Crippen MR) is 110 cm³/mol. The van der Waals surface area contributed by atoms with Gasteiger partial charge in [0.05, 0.1) is 29.4 Å². The molecule has 28 heavy (non-hydrogen) atoms. The van der Waals surface area contributed by atoms with Gasteiger partial charge >= 0.3 is 0 Å². The van der Waals surface area contributed by atoms with Crippen LogP contribution < -0.4 is 10.9 Å². The largest absolute Gasteiger partial charge is 0.383 e. The van der Waals surface area contributed by atoms with Crippen LogP contribution in [0.15, 0.2) is 59.4 Å². The minimum Gasteiger partial charge on any atom is -0.383 e. The van der Waals surface area contributed by atoms with Crippen molar-refractivity contribution in [3.05, 3.63) is 81.1 Å². The molecular weight excluding hydrogens is 376 g/mol. The third-order valence-corrected chi connectivity index (χ3v) is 5.19. The molecule has 142 valence electrons. The van der Waals surface area contributed by atoms with Gasteiger partial charge in [0, 0.05) is 24.8 Å². The Kier molecular flexibility index (Phi) is 5.03. The van der Waals surface area contributed by atoms with Gasteiger partial charge in [-0.2, -0.15) is 0 Å². The van der Waals surface area contributed by atoms with Gasteiger partial charge < -0.3 is 14.6 Å². The first-order valence-electron chi connectivity index (χ1n) is 9.00.